The van der Waals surface area contributed by atoms with E-state index in [9.17, 15) is 10.1 Å². The molecular weight excluding hydrogens is 272 g/mol. The second-order valence-electron chi connectivity index (χ2n) is 5.05. The number of nitrogens with one attached hydrogen (secondary N) is 2. The lowest BCUT2D eigenvalue weighted by Gasteiger charge is -2.10. The molecule has 2 N–H and O–H groups in total. The Morgan fingerprint density at radius 1 is 1.29 bits per heavy atom. The molecular formula is C13H24N6O2. The smallest absolute Gasteiger partial charge is 0.329 e. The molecule has 0 aliphatic heterocycles. The van der Waals surface area contributed by atoms with E-state index >= 15 is 0 Å². The van der Waals surface area contributed by atoms with Crippen LogP contribution in [0.1, 0.15) is 26.2 Å². The van der Waals surface area contributed by atoms with E-state index in [0.717, 1.165) is 32.4 Å². The summed E-state index contributed by atoms with van der Waals surface area (Å²) in [4.78, 5) is 20.8. The van der Waals surface area contributed by atoms with E-state index in [1.807, 2.05) is 21.0 Å². The third-order valence-electron chi connectivity index (χ3n) is 2.82. The lowest BCUT2D eigenvalue weighted by molar-refractivity contribution is -0.384. The van der Waals surface area contributed by atoms with Crippen LogP contribution in [0.3, 0.4) is 0 Å². The summed E-state index contributed by atoms with van der Waals surface area (Å²) in [5.74, 6) is 0.691. The van der Waals surface area contributed by atoms with Gasteiger partial charge >= 0.3 is 5.69 Å². The molecule has 8 nitrogen and oxygen atoms in total. The number of hydrogen-bond donors (Lipinski definition) is 2. The molecule has 0 amide bonds. The van der Waals surface area contributed by atoms with E-state index in [-0.39, 0.29) is 11.5 Å². The molecule has 0 saturated heterocycles. The number of nitrogens with zero attached hydrogens (tertiary/aromatic N) is 4. The van der Waals surface area contributed by atoms with Gasteiger partial charge in [-0.2, -0.15) is 4.98 Å². The molecule has 0 radical (unpaired) electrons. The molecule has 0 aliphatic carbocycles. The largest absolute Gasteiger partial charge is 0.364 e. The molecule has 0 unspecified atom stereocenters. The van der Waals surface area contributed by atoms with Crippen molar-refractivity contribution in [2.75, 3.05) is 44.4 Å². The minimum Gasteiger partial charge on any atom is -0.364 e. The van der Waals surface area contributed by atoms with Crippen LogP contribution in [0.25, 0.3) is 0 Å². The topological polar surface area (TPSA) is 96.2 Å². The zero-order chi connectivity index (χ0) is 15.7. The van der Waals surface area contributed by atoms with Crippen LogP contribution in [0.2, 0.25) is 0 Å². The molecule has 0 saturated carbocycles. The molecule has 0 bridgehead atoms. The van der Waals surface area contributed by atoms with Crippen LogP contribution < -0.4 is 10.6 Å². The van der Waals surface area contributed by atoms with Gasteiger partial charge in [0.15, 0.2) is 0 Å². The molecule has 21 heavy (non-hydrogen) atoms. The second-order valence-corrected chi connectivity index (χ2v) is 5.05. The van der Waals surface area contributed by atoms with Crippen LogP contribution in [-0.4, -0.2) is 53.5 Å². The summed E-state index contributed by atoms with van der Waals surface area (Å²) in [5, 5.41) is 17.0. The van der Waals surface area contributed by atoms with Crippen LogP contribution in [0.15, 0.2) is 6.20 Å². The molecule has 0 fully saturated rings. The molecule has 1 aromatic heterocycles. The van der Waals surface area contributed by atoms with Crippen molar-refractivity contribution in [2.45, 2.75) is 26.2 Å². The Kier molecular flexibility index (Phi) is 7.38. The van der Waals surface area contributed by atoms with Crippen molar-refractivity contribution in [1.29, 1.82) is 0 Å². The van der Waals surface area contributed by atoms with Gasteiger partial charge in [0, 0.05) is 13.1 Å². The molecule has 0 aromatic carbocycles. The van der Waals surface area contributed by atoms with Gasteiger partial charge in [-0.05, 0) is 39.9 Å². The molecule has 1 aromatic rings. The van der Waals surface area contributed by atoms with Gasteiger partial charge in [0.05, 0.1) is 4.92 Å². The third kappa shape index (κ3) is 6.35. The van der Waals surface area contributed by atoms with E-state index in [1.165, 1.54) is 6.20 Å². The number of anilines is 2. The Hall–Kier alpha value is -1.96. The van der Waals surface area contributed by atoms with E-state index < -0.39 is 4.92 Å². The van der Waals surface area contributed by atoms with Crippen LogP contribution in [0, 0.1) is 10.1 Å². The van der Waals surface area contributed by atoms with Crippen molar-refractivity contribution < 1.29 is 4.92 Å². The summed E-state index contributed by atoms with van der Waals surface area (Å²) < 4.78 is 0. The maximum atomic E-state index is 11.0. The van der Waals surface area contributed by atoms with E-state index in [4.69, 9.17) is 0 Å². The fourth-order valence-corrected chi connectivity index (χ4v) is 1.72. The number of rotatable bonds is 10. The van der Waals surface area contributed by atoms with E-state index in [1.54, 1.807) is 0 Å². The van der Waals surface area contributed by atoms with Crippen molar-refractivity contribution in [1.82, 2.24) is 14.9 Å². The maximum Gasteiger partial charge on any atom is 0.329 e. The molecule has 0 aliphatic rings. The van der Waals surface area contributed by atoms with Crippen LogP contribution in [0.4, 0.5) is 17.5 Å². The Morgan fingerprint density at radius 2 is 2.05 bits per heavy atom. The van der Waals surface area contributed by atoms with Gasteiger partial charge in [-0.25, -0.2) is 4.98 Å². The predicted octanol–water partition coefficient (Wildman–Crippen LogP) is 1.96. The van der Waals surface area contributed by atoms with Gasteiger partial charge in [0.1, 0.15) is 6.20 Å². The lowest BCUT2D eigenvalue weighted by Crippen LogP contribution is -2.15. The summed E-state index contributed by atoms with van der Waals surface area (Å²) >= 11 is 0. The van der Waals surface area contributed by atoms with Crippen LogP contribution >= 0.6 is 0 Å². The molecule has 8 heteroatoms. The molecule has 0 atom stereocenters. The second kappa shape index (κ2) is 9.06. The summed E-state index contributed by atoms with van der Waals surface area (Å²) in [6.07, 6.45) is 4.14. The monoisotopic (exact) mass is 296 g/mol. The average molecular weight is 296 g/mol. The normalized spacial score (nSPS) is 10.7. The van der Waals surface area contributed by atoms with Gasteiger partial charge in [0.25, 0.3) is 0 Å². The van der Waals surface area contributed by atoms with Gasteiger partial charge < -0.3 is 15.5 Å². The SMILES string of the molecule is CCCNc1ncc([N+](=O)[O-])c(NCCCCN(C)C)n1. The van der Waals surface area contributed by atoms with Crippen molar-refractivity contribution in [3.8, 4) is 0 Å². The van der Waals surface area contributed by atoms with Crippen molar-refractivity contribution in [2.24, 2.45) is 0 Å². The summed E-state index contributed by atoms with van der Waals surface area (Å²) in [7, 11) is 4.04. The minimum atomic E-state index is -0.467. The van der Waals surface area contributed by atoms with Crippen molar-refractivity contribution in [3.63, 3.8) is 0 Å². The molecule has 1 rings (SSSR count). The zero-order valence-corrected chi connectivity index (χ0v) is 12.9. The molecule has 0 spiro atoms. The van der Waals surface area contributed by atoms with E-state index in [2.05, 4.69) is 25.5 Å². The fraction of sp³-hybridized carbons (Fsp3) is 0.692. The highest BCUT2D eigenvalue weighted by molar-refractivity contribution is 5.56. The van der Waals surface area contributed by atoms with Gasteiger partial charge in [0.2, 0.25) is 11.8 Å². The Morgan fingerprint density at radius 3 is 2.67 bits per heavy atom. The van der Waals surface area contributed by atoms with Crippen molar-refractivity contribution >= 4 is 17.5 Å². The number of nitro groups is 1. The van der Waals surface area contributed by atoms with Crippen LogP contribution in [0.5, 0.6) is 0 Å². The van der Waals surface area contributed by atoms with Crippen molar-refractivity contribution in [3.05, 3.63) is 16.3 Å². The fourth-order valence-electron chi connectivity index (χ4n) is 1.72. The predicted molar refractivity (Wildman–Crippen MR) is 83.7 cm³/mol. The third-order valence-corrected chi connectivity index (χ3v) is 2.82. The number of unbranched alkanes of at least 4 members (excludes halogenated alkanes) is 1. The van der Waals surface area contributed by atoms with Gasteiger partial charge in [-0.1, -0.05) is 6.92 Å². The molecule has 118 valence electrons. The maximum absolute atomic E-state index is 11.0. The Balaban J connectivity index is 2.61. The summed E-state index contributed by atoms with van der Waals surface area (Å²) in [5.41, 5.74) is -0.0929. The highest BCUT2D eigenvalue weighted by Gasteiger charge is 2.16. The first-order valence-corrected chi connectivity index (χ1v) is 7.18. The lowest BCUT2D eigenvalue weighted by atomic mass is 10.3. The zero-order valence-electron chi connectivity index (χ0n) is 12.9. The quantitative estimate of drug-likeness (QED) is 0.387. The minimum absolute atomic E-state index is 0.0929. The van der Waals surface area contributed by atoms with E-state index in [0.29, 0.717) is 12.5 Å². The van der Waals surface area contributed by atoms with Gasteiger partial charge in [-0.3, -0.25) is 10.1 Å². The summed E-state index contributed by atoms with van der Waals surface area (Å²) in [6.45, 7) is 4.41. The number of hydrogen-bond acceptors (Lipinski definition) is 7. The van der Waals surface area contributed by atoms with Crippen LogP contribution in [-0.2, 0) is 0 Å². The first-order chi connectivity index (χ1) is 10.0. The molecule has 1 heterocycles. The highest BCUT2D eigenvalue weighted by atomic mass is 16.6. The van der Waals surface area contributed by atoms with Gasteiger partial charge in [-0.15, -0.1) is 0 Å². The first kappa shape index (κ1) is 17.1. The Labute approximate surface area is 125 Å². The Bertz CT molecular complexity index is 452. The highest BCUT2D eigenvalue weighted by Crippen LogP contribution is 2.21. The summed E-state index contributed by atoms with van der Waals surface area (Å²) in [6, 6.07) is 0. The average Bonchev–Trinajstić information content (AvgIpc) is 2.44. The number of aromatic nitrogens is 2. The first-order valence-electron chi connectivity index (χ1n) is 7.18. The standard InChI is InChI=1S/C13H24N6O2/c1-4-7-15-13-16-10-11(19(20)21)12(17-13)14-8-5-6-9-18(2)3/h10H,4-9H2,1-3H3,(H2,14,15,16,17).